The highest BCUT2D eigenvalue weighted by Gasteiger charge is 2.16. The van der Waals surface area contributed by atoms with Crippen LogP contribution >= 0.6 is 0 Å². The summed E-state index contributed by atoms with van der Waals surface area (Å²) in [6, 6.07) is 7.05. The number of aryl methyl sites for hydroxylation is 1. The molecule has 1 aromatic heterocycles. The van der Waals surface area contributed by atoms with Crippen molar-refractivity contribution in [2.24, 2.45) is 7.05 Å². The summed E-state index contributed by atoms with van der Waals surface area (Å²) in [5, 5.41) is 0.00824. The fourth-order valence-electron chi connectivity index (χ4n) is 1.48. The van der Waals surface area contributed by atoms with Crippen LogP contribution in [0, 0.1) is 0 Å². The first kappa shape index (κ1) is 12.6. The van der Waals surface area contributed by atoms with Crippen molar-refractivity contribution in [1.82, 2.24) is 14.3 Å². The van der Waals surface area contributed by atoms with Crippen molar-refractivity contribution >= 4 is 15.7 Å². The van der Waals surface area contributed by atoms with Crippen molar-refractivity contribution in [2.75, 3.05) is 5.73 Å². The standard InChI is InChI=1S/C11H14N4O2S/c1-15-7-11(13-8-15)18(16,17)14-6-9-3-2-4-10(12)5-9/h2-5,7-8,14H,6,12H2,1H3. The number of benzene rings is 1. The van der Waals surface area contributed by atoms with E-state index in [4.69, 9.17) is 5.73 Å². The predicted octanol–water partition coefficient (Wildman–Crippen LogP) is 0.481. The maximum Gasteiger partial charge on any atom is 0.259 e. The number of nitrogens with two attached hydrogens (primary N) is 1. The molecule has 0 aliphatic rings. The van der Waals surface area contributed by atoms with Gasteiger partial charge in [0.25, 0.3) is 10.0 Å². The molecular weight excluding hydrogens is 252 g/mol. The number of imidazole rings is 1. The summed E-state index contributed by atoms with van der Waals surface area (Å²) in [5.41, 5.74) is 7.02. The van der Waals surface area contributed by atoms with Crippen LogP contribution in [0.4, 0.5) is 5.69 Å². The van der Waals surface area contributed by atoms with E-state index in [9.17, 15) is 8.42 Å². The summed E-state index contributed by atoms with van der Waals surface area (Å²) in [7, 11) is -1.86. The van der Waals surface area contributed by atoms with Gasteiger partial charge in [-0.05, 0) is 17.7 Å². The van der Waals surface area contributed by atoms with E-state index in [2.05, 4.69) is 9.71 Å². The lowest BCUT2D eigenvalue weighted by molar-refractivity contribution is 0.578. The molecule has 0 amide bonds. The first-order chi connectivity index (χ1) is 8.47. The normalized spacial score (nSPS) is 11.6. The molecule has 3 N–H and O–H groups in total. The quantitative estimate of drug-likeness (QED) is 0.788. The largest absolute Gasteiger partial charge is 0.399 e. The third-order valence-corrected chi connectivity index (χ3v) is 3.66. The lowest BCUT2D eigenvalue weighted by atomic mass is 10.2. The van der Waals surface area contributed by atoms with Gasteiger partial charge in [-0.25, -0.2) is 18.1 Å². The minimum atomic E-state index is -3.57. The van der Waals surface area contributed by atoms with Crippen molar-refractivity contribution in [2.45, 2.75) is 11.6 Å². The molecule has 0 saturated heterocycles. The van der Waals surface area contributed by atoms with Crippen molar-refractivity contribution < 1.29 is 8.42 Å². The van der Waals surface area contributed by atoms with Crippen LogP contribution in [0.5, 0.6) is 0 Å². The van der Waals surface area contributed by atoms with Gasteiger partial charge < -0.3 is 10.3 Å². The van der Waals surface area contributed by atoms with Crippen LogP contribution < -0.4 is 10.5 Å². The number of nitrogens with one attached hydrogen (secondary N) is 1. The van der Waals surface area contributed by atoms with E-state index in [1.54, 1.807) is 35.9 Å². The van der Waals surface area contributed by atoms with Crippen LogP contribution in [-0.2, 0) is 23.6 Å². The van der Waals surface area contributed by atoms with Gasteiger partial charge in [0.15, 0.2) is 5.03 Å². The first-order valence-corrected chi connectivity index (χ1v) is 6.78. The molecule has 6 nitrogen and oxygen atoms in total. The van der Waals surface area contributed by atoms with E-state index in [-0.39, 0.29) is 11.6 Å². The molecule has 18 heavy (non-hydrogen) atoms. The number of hydrogen-bond donors (Lipinski definition) is 2. The topological polar surface area (TPSA) is 90.0 Å². The zero-order valence-corrected chi connectivity index (χ0v) is 10.7. The van der Waals surface area contributed by atoms with Crippen molar-refractivity contribution in [3.63, 3.8) is 0 Å². The van der Waals surface area contributed by atoms with E-state index < -0.39 is 10.0 Å². The third-order valence-electron chi connectivity index (χ3n) is 2.37. The highest BCUT2D eigenvalue weighted by Crippen LogP contribution is 2.09. The van der Waals surface area contributed by atoms with Gasteiger partial charge in [0.1, 0.15) is 0 Å². The molecule has 0 fully saturated rings. The number of anilines is 1. The van der Waals surface area contributed by atoms with E-state index in [0.717, 1.165) is 5.56 Å². The second-order valence-electron chi connectivity index (χ2n) is 3.95. The minimum absolute atomic E-state index is 0.00824. The van der Waals surface area contributed by atoms with Crippen molar-refractivity contribution in [1.29, 1.82) is 0 Å². The molecule has 1 heterocycles. The average molecular weight is 266 g/mol. The van der Waals surface area contributed by atoms with E-state index in [1.165, 1.54) is 12.5 Å². The Labute approximate surface area is 106 Å². The fraction of sp³-hybridized carbons (Fsp3) is 0.182. The zero-order chi connectivity index (χ0) is 13.2. The van der Waals surface area contributed by atoms with Gasteiger partial charge in [0.05, 0.1) is 6.33 Å². The van der Waals surface area contributed by atoms with E-state index in [0.29, 0.717) is 5.69 Å². The van der Waals surface area contributed by atoms with Crippen LogP contribution in [0.25, 0.3) is 0 Å². The lowest BCUT2D eigenvalue weighted by Crippen LogP contribution is -2.23. The Kier molecular flexibility index (Phi) is 3.35. The number of nitrogen functional groups attached to an aromatic ring is 1. The van der Waals surface area contributed by atoms with E-state index >= 15 is 0 Å². The second kappa shape index (κ2) is 4.79. The van der Waals surface area contributed by atoms with Crippen molar-refractivity contribution in [3.05, 3.63) is 42.4 Å². The molecule has 0 aliphatic heterocycles. The van der Waals surface area contributed by atoms with Crippen LogP contribution in [0.2, 0.25) is 0 Å². The summed E-state index contributed by atoms with van der Waals surface area (Å²) >= 11 is 0. The second-order valence-corrected chi connectivity index (χ2v) is 5.66. The SMILES string of the molecule is Cn1cnc(S(=O)(=O)NCc2cccc(N)c2)c1. The number of hydrogen-bond acceptors (Lipinski definition) is 4. The number of sulfonamides is 1. The minimum Gasteiger partial charge on any atom is -0.399 e. The van der Waals surface area contributed by atoms with Crippen molar-refractivity contribution in [3.8, 4) is 0 Å². The van der Waals surface area contributed by atoms with Gasteiger partial charge in [0.2, 0.25) is 0 Å². The Hall–Kier alpha value is -1.86. The molecule has 0 aliphatic carbocycles. The predicted molar refractivity (Wildman–Crippen MR) is 68.1 cm³/mol. The molecule has 2 rings (SSSR count). The molecule has 0 radical (unpaired) electrons. The molecule has 0 atom stereocenters. The van der Waals surface area contributed by atoms with Gasteiger partial charge in [0, 0.05) is 25.5 Å². The van der Waals surface area contributed by atoms with Crippen LogP contribution in [0.1, 0.15) is 5.56 Å². The Morgan fingerprint density at radius 2 is 2.22 bits per heavy atom. The Bertz CT molecular complexity index is 649. The smallest absolute Gasteiger partial charge is 0.259 e. The maximum absolute atomic E-state index is 11.9. The molecule has 2 aromatic rings. The van der Waals surface area contributed by atoms with Crippen LogP contribution in [0.15, 0.2) is 41.8 Å². The molecule has 96 valence electrons. The fourth-order valence-corrected chi connectivity index (χ4v) is 2.48. The molecule has 1 aromatic carbocycles. The highest BCUT2D eigenvalue weighted by atomic mass is 32.2. The van der Waals surface area contributed by atoms with Gasteiger partial charge in [-0.2, -0.15) is 0 Å². The molecule has 7 heteroatoms. The molecule has 0 unspecified atom stereocenters. The van der Waals surface area contributed by atoms with Crippen LogP contribution in [-0.4, -0.2) is 18.0 Å². The summed E-state index contributed by atoms with van der Waals surface area (Å²) in [6.07, 6.45) is 2.89. The molecular formula is C11H14N4O2S. The van der Waals surface area contributed by atoms with Gasteiger partial charge >= 0.3 is 0 Å². The Balaban J connectivity index is 2.10. The zero-order valence-electron chi connectivity index (χ0n) is 9.87. The number of aromatic nitrogens is 2. The summed E-state index contributed by atoms with van der Waals surface area (Å²) in [4.78, 5) is 3.81. The third kappa shape index (κ3) is 2.88. The molecule has 0 saturated carbocycles. The van der Waals surface area contributed by atoms with Crippen LogP contribution in [0.3, 0.4) is 0 Å². The van der Waals surface area contributed by atoms with Gasteiger partial charge in [-0.15, -0.1) is 0 Å². The highest BCUT2D eigenvalue weighted by molar-refractivity contribution is 7.89. The first-order valence-electron chi connectivity index (χ1n) is 5.29. The summed E-state index contributed by atoms with van der Waals surface area (Å²) in [5.74, 6) is 0. The Morgan fingerprint density at radius 3 is 2.83 bits per heavy atom. The number of rotatable bonds is 4. The number of nitrogens with zero attached hydrogens (tertiary/aromatic N) is 2. The van der Waals surface area contributed by atoms with Gasteiger partial charge in [-0.3, -0.25) is 0 Å². The average Bonchev–Trinajstić information content (AvgIpc) is 2.74. The summed E-state index contributed by atoms with van der Waals surface area (Å²) in [6.45, 7) is 0.184. The summed E-state index contributed by atoms with van der Waals surface area (Å²) < 4.78 is 27.8. The monoisotopic (exact) mass is 266 g/mol. The molecule has 0 spiro atoms. The maximum atomic E-state index is 11.9. The lowest BCUT2D eigenvalue weighted by Gasteiger charge is -2.05. The van der Waals surface area contributed by atoms with Gasteiger partial charge in [-0.1, -0.05) is 12.1 Å². The molecule has 0 bridgehead atoms. The Morgan fingerprint density at radius 1 is 1.44 bits per heavy atom. The van der Waals surface area contributed by atoms with E-state index in [1.807, 2.05) is 0 Å².